The van der Waals surface area contributed by atoms with Crippen LogP contribution >= 0.6 is 23.2 Å². The molecule has 154 valence electrons. The number of alkyl halides is 3. The first kappa shape index (κ1) is 20.2. The van der Waals surface area contributed by atoms with Gasteiger partial charge in [-0.3, -0.25) is 9.48 Å². The maximum absolute atomic E-state index is 13.7. The van der Waals surface area contributed by atoms with Crippen molar-refractivity contribution in [2.45, 2.75) is 18.9 Å². The normalized spacial score (nSPS) is 11.8. The van der Waals surface area contributed by atoms with E-state index in [1.807, 2.05) is 18.2 Å². The number of amides is 1. The van der Waals surface area contributed by atoms with E-state index in [0.29, 0.717) is 17.3 Å². The number of carbonyl (C=O) groups is 1. The summed E-state index contributed by atoms with van der Waals surface area (Å²) in [5, 5.41) is 7.75. The molecule has 1 amide bonds. The number of carbonyl (C=O) groups excluding carboxylic acids is 1. The first-order valence-corrected chi connectivity index (χ1v) is 9.48. The molecule has 0 saturated heterocycles. The summed E-state index contributed by atoms with van der Waals surface area (Å²) in [5.41, 5.74) is 0.683. The van der Waals surface area contributed by atoms with Crippen LogP contribution in [0.1, 0.15) is 27.4 Å². The van der Waals surface area contributed by atoms with E-state index in [1.165, 1.54) is 6.07 Å². The van der Waals surface area contributed by atoms with Crippen molar-refractivity contribution < 1.29 is 13.6 Å². The second-order valence-corrected chi connectivity index (χ2v) is 7.47. The summed E-state index contributed by atoms with van der Waals surface area (Å²) in [6.45, 7) is 2.01. The van der Waals surface area contributed by atoms with Crippen LogP contribution in [-0.2, 0) is 11.9 Å². The van der Waals surface area contributed by atoms with Gasteiger partial charge in [0, 0.05) is 29.0 Å². The molecule has 0 aliphatic rings. The Balaban J connectivity index is 1.54. The smallest absolute Gasteiger partial charge is 0.304 e. The molecule has 0 saturated carbocycles. The van der Waals surface area contributed by atoms with Gasteiger partial charge < -0.3 is 5.32 Å². The molecule has 4 rings (SSSR count). The van der Waals surface area contributed by atoms with E-state index in [1.54, 1.807) is 29.9 Å². The Morgan fingerprint density at radius 2 is 2.00 bits per heavy atom. The highest BCUT2D eigenvalue weighted by atomic mass is 35.5. The average Bonchev–Trinajstić information content (AvgIpc) is 3.27. The highest BCUT2D eigenvalue weighted by Gasteiger charge is 2.32. The van der Waals surface area contributed by atoms with Gasteiger partial charge in [0.2, 0.25) is 0 Å². The third-order valence-corrected chi connectivity index (χ3v) is 4.62. The second-order valence-electron chi connectivity index (χ2n) is 6.56. The molecule has 3 aromatic heterocycles. The molecule has 1 N–H and O–H groups in total. The summed E-state index contributed by atoms with van der Waals surface area (Å²) >= 11 is 11.1. The van der Waals surface area contributed by atoms with Gasteiger partial charge in [0.25, 0.3) is 5.91 Å². The van der Waals surface area contributed by atoms with Crippen LogP contribution in [0.4, 0.5) is 14.6 Å². The Bertz CT molecular complexity index is 1250. The number of anilines is 1. The van der Waals surface area contributed by atoms with Crippen molar-refractivity contribution in [3.63, 3.8) is 0 Å². The van der Waals surface area contributed by atoms with Crippen LogP contribution in [0, 0.1) is 6.92 Å². The number of nitrogens with one attached hydrogen (secondary N) is 1. The Hall–Kier alpha value is -3.04. The van der Waals surface area contributed by atoms with Crippen molar-refractivity contribution in [3.8, 4) is 0 Å². The maximum atomic E-state index is 13.7. The zero-order valence-electron chi connectivity index (χ0n) is 15.5. The Morgan fingerprint density at radius 1 is 1.20 bits per heavy atom. The molecule has 1 aromatic carbocycles. The topological polar surface area (TPSA) is 77.1 Å². The summed E-state index contributed by atoms with van der Waals surface area (Å²) in [7, 11) is 0. The summed E-state index contributed by atoms with van der Waals surface area (Å²) < 4.78 is 29.8. The molecule has 3 heterocycles. The average molecular weight is 451 g/mol. The number of aryl methyl sites for hydroxylation is 1. The van der Waals surface area contributed by atoms with Gasteiger partial charge in [0.05, 0.1) is 6.54 Å². The number of rotatable bonds is 5. The van der Waals surface area contributed by atoms with Crippen LogP contribution in [0.2, 0.25) is 5.02 Å². The second kappa shape index (κ2) is 7.66. The lowest BCUT2D eigenvalue weighted by molar-refractivity contribution is 0.0868. The van der Waals surface area contributed by atoms with E-state index in [4.69, 9.17) is 23.2 Å². The molecule has 0 aliphatic carbocycles. The fourth-order valence-corrected chi connectivity index (χ4v) is 3.28. The van der Waals surface area contributed by atoms with Gasteiger partial charge in [-0.1, -0.05) is 23.7 Å². The van der Waals surface area contributed by atoms with Crippen LogP contribution in [0.5, 0.6) is 0 Å². The molecule has 0 aliphatic heterocycles. The number of nitrogens with zero attached hydrogens (tertiary/aromatic N) is 5. The maximum Gasteiger partial charge on any atom is 0.364 e. The highest BCUT2D eigenvalue weighted by molar-refractivity contribution is 6.30. The quantitative estimate of drug-likeness (QED) is 0.454. The van der Waals surface area contributed by atoms with Crippen LogP contribution in [0.3, 0.4) is 0 Å². The van der Waals surface area contributed by atoms with Crippen molar-refractivity contribution in [2.24, 2.45) is 0 Å². The van der Waals surface area contributed by atoms with Gasteiger partial charge in [0.15, 0.2) is 17.2 Å². The number of fused-ring (bicyclic) bond motifs is 1. The molecule has 0 bridgehead atoms. The number of hydrogen-bond acceptors (Lipinski definition) is 4. The Labute approximate surface area is 179 Å². The van der Waals surface area contributed by atoms with E-state index in [9.17, 15) is 13.6 Å². The lowest BCUT2D eigenvalue weighted by Crippen LogP contribution is -2.15. The van der Waals surface area contributed by atoms with Crippen LogP contribution in [0.25, 0.3) is 5.65 Å². The predicted molar refractivity (Wildman–Crippen MR) is 108 cm³/mol. The van der Waals surface area contributed by atoms with Gasteiger partial charge in [-0.25, -0.2) is 9.50 Å². The van der Waals surface area contributed by atoms with Crippen LogP contribution in [0.15, 0.2) is 48.7 Å². The number of hydrogen-bond donors (Lipinski definition) is 1. The largest absolute Gasteiger partial charge is 0.364 e. The van der Waals surface area contributed by atoms with Crippen molar-refractivity contribution in [1.29, 1.82) is 0 Å². The first-order chi connectivity index (χ1) is 14.2. The molecule has 30 heavy (non-hydrogen) atoms. The van der Waals surface area contributed by atoms with E-state index in [2.05, 4.69) is 20.5 Å². The van der Waals surface area contributed by atoms with Crippen LogP contribution < -0.4 is 5.32 Å². The fourth-order valence-electron chi connectivity index (χ4n) is 2.93. The van der Waals surface area contributed by atoms with Crippen molar-refractivity contribution in [2.75, 3.05) is 5.32 Å². The molecular weight excluding hydrogens is 437 g/mol. The summed E-state index contributed by atoms with van der Waals surface area (Å²) in [4.78, 5) is 16.7. The summed E-state index contributed by atoms with van der Waals surface area (Å²) in [6, 6.07) is 11.4. The third kappa shape index (κ3) is 4.27. The molecule has 4 aromatic rings. The van der Waals surface area contributed by atoms with Crippen LogP contribution in [-0.4, -0.2) is 30.3 Å². The number of halogens is 4. The standard InChI is InChI=1S/C19H14Cl2F2N6O/c1-11-7-15(19(21,22)23)29-17(24-11)9-14(26-29)18(30)25-16-5-6-28(27-16)10-12-3-2-4-13(20)8-12/h2-9H,10H2,1H3,(H,25,27,30). The van der Waals surface area contributed by atoms with Crippen molar-refractivity contribution >= 4 is 40.6 Å². The number of benzene rings is 1. The van der Waals surface area contributed by atoms with Gasteiger partial charge in [-0.2, -0.15) is 19.0 Å². The van der Waals surface area contributed by atoms with Crippen molar-refractivity contribution in [1.82, 2.24) is 24.4 Å². The third-order valence-electron chi connectivity index (χ3n) is 4.19. The highest BCUT2D eigenvalue weighted by Crippen LogP contribution is 2.32. The van der Waals surface area contributed by atoms with Gasteiger partial charge in [-0.15, -0.1) is 0 Å². The monoisotopic (exact) mass is 450 g/mol. The molecule has 0 atom stereocenters. The van der Waals surface area contributed by atoms with Gasteiger partial charge in [0.1, 0.15) is 5.69 Å². The SMILES string of the molecule is Cc1cc(C(F)(F)Cl)n2nc(C(=O)Nc3ccn(Cc4cccc(Cl)c4)n3)cc2n1. The molecular formula is C19H14Cl2F2N6O. The summed E-state index contributed by atoms with van der Waals surface area (Å²) in [5.74, 6) is -0.332. The predicted octanol–water partition coefficient (Wildman–Crippen LogP) is 4.48. The van der Waals surface area contributed by atoms with E-state index < -0.39 is 17.0 Å². The molecule has 7 nitrogen and oxygen atoms in total. The van der Waals surface area contributed by atoms with E-state index in [-0.39, 0.29) is 17.2 Å². The van der Waals surface area contributed by atoms with E-state index in [0.717, 1.165) is 16.1 Å². The van der Waals surface area contributed by atoms with Gasteiger partial charge >= 0.3 is 5.38 Å². The molecule has 0 radical (unpaired) electrons. The lowest BCUT2D eigenvalue weighted by Gasteiger charge is -2.10. The fraction of sp³-hybridized carbons (Fsp3) is 0.158. The molecule has 11 heteroatoms. The molecule has 0 fully saturated rings. The zero-order chi connectivity index (χ0) is 21.5. The van der Waals surface area contributed by atoms with Gasteiger partial charge in [-0.05, 0) is 42.3 Å². The molecule has 0 unspecified atom stereocenters. The van der Waals surface area contributed by atoms with Crippen molar-refractivity contribution in [3.05, 3.63) is 76.3 Å². The van der Waals surface area contributed by atoms with E-state index >= 15 is 0 Å². The summed E-state index contributed by atoms with van der Waals surface area (Å²) in [6.07, 6.45) is 1.69. The number of aromatic nitrogens is 5. The Kier molecular flexibility index (Phi) is 5.17. The lowest BCUT2D eigenvalue weighted by atomic mass is 10.2. The minimum absolute atomic E-state index is 0.0851. The minimum atomic E-state index is -3.66. The first-order valence-electron chi connectivity index (χ1n) is 8.73. The zero-order valence-corrected chi connectivity index (χ0v) is 17.0. The minimum Gasteiger partial charge on any atom is -0.304 e. The Morgan fingerprint density at radius 3 is 2.73 bits per heavy atom. The molecule has 0 spiro atoms.